The fourth-order valence-electron chi connectivity index (χ4n) is 3.57. The topological polar surface area (TPSA) is 58.4 Å². The second-order valence-corrected chi connectivity index (χ2v) is 7.40. The van der Waals surface area contributed by atoms with Gasteiger partial charge in [0.25, 0.3) is 5.56 Å². The van der Waals surface area contributed by atoms with Crippen LogP contribution in [0.3, 0.4) is 0 Å². The first kappa shape index (κ1) is 18.5. The van der Waals surface area contributed by atoms with E-state index < -0.39 is 0 Å². The van der Waals surface area contributed by atoms with Gasteiger partial charge in [-0.25, -0.2) is 4.98 Å². The number of carbonyl (C=O) groups is 1. The van der Waals surface area contributed by atoms with Crippen molar-refractivity contribution in [2.45, 2.75) is 6.42 Å². The van der Waals surface area contributed by atoms with Crippen LogP contribution in [0.1, 0.15) is 5.56 Å². The first-order valence-electron chi connectivity index (χ1n) is 9.26. The minimum Gasteiger partial charge on any atom is -0.348 e. The van der Waals surface area contributed by atoms with Crippen LogP contribution in [-0.4, -0.2) is 46.5 Å². The number of hydrogen-bond acceptors (Lipinski definition) is 4. The van der Waals surface area contributed by atoms with Crippen LogP contribution < -0.4 is 10.5 Å². The molecule has 2 heterocycles. The van der Waals surface area contributed by atoms with Gasteiger partial charge in [-0.15, -0.1) is 0 Å². The minimum atomic E-state index is -0.114. The van der Waals surface area contributed by atoms with E-state index >= 15 is 0 Å². The Balaban J connectivity index is 1.47. The van der Waals surface area contributed by atoms with E-state index in [9.17, 15) is 9.59 Å². The average Bonchev–Trinajstić information content (AvgIpc) is 2.71. The van der Waals surface area contributed by atoms with Gasteiger partial charge in [0.15, 0.2) is 5.82 Å². The van der Waals surface area contributed by atoms with Crippen molar-refractivity contribution in [3.05, 3.63) is 69.5 Å². The predicted octanol–water partition coefficient (Wildman–Crippen LogP) is 2.48. The Hall–Kier alpha value is -2.86. The van der Waals surface area contributed by atoms with Crippen molar-refractivity contribution < 1.29 is 4.79 Å². The monoisotopic (exact) mass is 396 g/mol. The minimum absolute atomic E-state index is 0.0706. The molecule has 7 heteroatoms. The van der Waals surface area contributed by atoms with Gasteiger partial charge in [-0.1, -0.05) is 35.9 Å². The molecule has 28 heavy (non-hydrogen) atoms. The van der Waals surface area contributed by atoms with Gasteiger partial charge in [0.2, 0.25) is 5.91 Å². The molecule has 0 N–H and O–H groups in total. The van der Waals surface area contributed by atoms with Crippen LogP contribution in [-0.2, 0) is 18.3 Å². The number of aromatic nitrogens is 2. The normalized spacial score (nSPS) is 14.5. The molecular formula is C21H21ClN4O2. The molecular weight excluding hydrogens is 376 g/mol. The van der Waals surface area contributed by atoms with Crippen molar-refractivity contribution in [3.63, 3.8) is 0 Å². The van der Waals surface area contributed by atoms with E-state index in [1.54, 1.807) is 17.7 Å². The standard InChI is InChI=1S/C21H21ClN4O2/c1-24-18-8-3-2-7-17(18)23-20(21(24)28)26-11-9-25(10-12-26)19(27)14-15-5-4-6-16(22)13-15/h2-8,13H,9-12,14H2,1H3. The molecule has 6 nitrogen and oxygen atoms in total. The summed E-state index contributed by atoms with van der Waals surface area (Å²) in [7, 11) is 1.76. The number of fused-ring (bicyclic) bond motifs is 1. The lowest BCUT2D eigenvalue weighted by Crippen LogP contribution is -2.51. The molecule has 1 aliphatic heterocycles. The summed E-state index contributed by atoms with van der Waals surface area (Å²) >= 11 is 6.00. The summed E-state index contributed by atoms with van der Waals surface area (Å²) in [5.74, 6) is 0.518. The largest absolute Gasteiger partial charge is 0.348 e. The van der Waals surface area contributed by atoms with Crippen molar-refractivity contribution in [1.82, 2.24) is 14.5 Å². The van der Waals surface area contributed by atoms with Gasteiger partial charge in [-0.3, -0.25) is 9.59 Å². The number of aryl methyl sites for hydroxylation is 1. The maximum absolute atomic E-state index is 12.7. The first-order valence-corrected chi connectivity index (χ1v) is 9.63. The zero-order valence-electron chi connectivity index (χ0n) is 15.6. The molecule has 3 aromatic rings. The molecule has 1 fully saturated rings. The summed E-state index contributed by atoms with van der Waals surface area (Å²) < 4.78 is 1.63. The molecule has 1 saturated heterocycles. The average molecular weight is 397 g/mol. The Labute approximate surface area is 168 Å². The Kier molecular flexibility index (Phi) is 5.05. The quantitative estimate of drug-likeness (QED) is 0.682. The first-order chi connectivity index (χ1) is 13.5. The van der Waals surface area contributed by atoms with E-state index in [0.717, 1.165) is 16.6 Å². The van der Waals surface area contributed by atoms with Crippen LogP contribution in [0.4, 0.5) is 5.82 Å². The lowest BCUT2D eigenvalue weighted by Gasteiger charge is -2.35. The number of carbonyl (C=O) groups excluding carboxylic acids is 1. The maximum Gasteiger partial charge on any atom is 0.293 e. The lowest BCUT2D eigenvalue weighted by molar-refractivity contribution is -0.130. The van der Waals surface area contributed by atoms with Crippen LogP contribution in [0, 0.1) is 0 Å². The highest BCUT2D eigenvalue weighted by atomic mass is 35.5. The van der Waals surface area contributed by atoms with Gasteiger partial charge in [-0.2, -0.15) is 0 Å². The van der Waals surface area contributed by atoms with E-state index in [-0.39, 0.29) is 11.5 Å². The van der Waals surface area contributed by atoms with Crippen molar-refractivity contribution in [1.29, 1.82) is 0 Å². The van der Waals surface area contributed by atoms with Crippen molar-refractivity contribution in [3.8, 4) is 0 Å². The van der Waals surface area contributed by atoms with E-state index in [1.165, 1.54) is 0 Å². The Bertz CT molecular complexity index is 1090. The third kappa shape index (κ3) is 3.60. The zero-order chi connectivity index (χ0) is 19.7. The van der Waals surface area contributed by atoms with Gasteiger partial charge in [0, 0.05) is 38.2 Å². The predicted molar refractivity (Wildman–Crippen MR) is 111 cm³/mol. The molecule has 2 aromatic carbocycles. The number of para-hydroxylation sites is 2. The molecule has 0 spiro atoms. The Morgan fingerprint density at radius 3 is 2.57 bits per heavy atom. The number of rotatable bonds is 3. The van der Waals surface area contributed by atoms with Crippen LogP contribution in [0.5, 0.6) is 0 Å². The van der Waals surface area contributed by atoms with Gasteiger partial charge in [0.1, 0.15) is 0 Å². The van der Waals surface area contributed by atoms with E-state index in [4.69, 9.17) is 11.6 Å². The molecule has 0 bridgehead atoms. The maximum atomic E-state index is 12.7. The molecule has 0 atom stereocenters. The van der Waals surface area contributed by atoms with E-state index in [1.807, 2.05) is 52.3 Å². The number of piperazine rings is 1. The zero-order valence-corrected chi connectivity index (χ0v) is 16.4. The number of amides is 1. The summed E-state index contributed by atoms with van der Waals surface area (Å²) in [4.78, 5) is 33.7. The van der Waals surface area contributed by atoms with Crippen LogP contribution in [0.2, 0.25) is 5.02 Å². The molecule has 1 aliphatic rings. The van der Waals surface area contributed by atoms with Crippen molar-refractivity contribution in [2.24, 2.45) is 7.05 Å². The Morgan fingerprint density at radius 1 is 1.07 bits per heavy atom. The second-order valence-electron chi connectivity index (χ2n) is 6.96. The third-order valence-corrected chi connectivity index (χ3v) is 5.38. The summed E-state index contributed by atoms with van der Waals surface area (Å²) in [6.45, 7) is 2.30. The van der Waals surface area contributed by atoms with Crippen LogP contribution in [0.15, 0.2) is 53.3 Å². The smallest absolute Gasteiger partial charge is 0.293 e. The van der Waals surface area contributed by atoms with Crippen LogP contribution in [0.25, 0.3) is 11.0 Å². The highest BCUT2D eigenvalue weighted by molar-refractivity contribution is 6.30. The molecule has 1 aromatic heterocycles. The van der Waals surface area contributed by atoms with E-state index in [0.29, 0.717) is 43.4 Å². The SMILES string of the molecule is Cn1c(=O)c(N2CCN(C(=O)Cc3cccc(Cl)c3)CC2)nc2ccccc21. The number of benzene rings is 2. The molecule has 1 amide bonds. The number of halogens is 1. The number of hydrogen-bond donors (Lipinski definition) is 0. The van der Waals surface area contributed by atoms with Crippen LogP contribution >= 0.6 is 11.6 Å². The molecule has 0 aliphatic carbocycles. The highest BCUT2D eigenvalue weighted by Gasteiger charge is 2.24. The number of nitrogens with zero attached hydrogens (tertiary/aromatic N) is 4. The van der Waals surface area contributed by atoms with E-state index in [2.05, 4.69) is 4.98 Å². The summed E-state index contributed by atoms with van der Waals surface area (Å²) in [5.41, 5.74) is 2.40. The fraction of sp³-hybridized carbons (Fsp3) is 0.286. The number of anilines is 1. The second kappa shape index (κ2) is 7.64. The molecule has 0 saturated carbocycles. The summed E-state index contributed by atoms with van der Waals surface area (Å²) in [6.07, 6.45) is 0.330. The molecule has 4 rings (SSSR count). The Morgan fingerprint density at radius 2 is 1.82 bits per heavy atom. The third-order valence-electron chi connectivity index (χ3n) is 5.14. The van der Waals surface area contributed by atoms with Gasteiger partial charge in [-0.05, 0) is 29.8 Å². The highest BCUT2D eigenvalue weighted by Crippen LogP contribution is 2.16. The van der Waals surface area contributed by atoms with Gasteiger partial charge in [0.05, 0.1) is 17.5 Å². The molecule has 0 unspecified atom stereocenters. The van der Waals surface area contributed by atoms with Crippen molar-refractivity contribution >= 4 is 34.4 Å². The van der Waals surface area contributed by atoms with Gasteiger partial charge < -0.3 is 14.4 Å². The molecule has 144 valence electrons. The summed E-state index contributed by atoms with van der Waals surface area (Å²) in [5, 5.41) is 0.633. The lowest BCUT2D eigenvalue weighted by atomic mass is 10.1. The fourth-order valence-corrected chi connectivity index (χ4v) is 3.78. The van der Waals surface area contributed by atoms with Gasteiger partial charge >= 0.3 is 0 Å². The molecule has 0 radical (unpaired) electrons. The summed E-state index contributed by atoms with van der Waals surface area (Å²) in [6, 6.07) is 15.0. The van der Waals surface area contributed by atoms with Crippen molar-refractivity contribution in [2.75, 3.05) is 31.1 Å².